The van der Waals surface area contributed by atoms with Crippen LogP contribution in [0, 0.1) is 13.8 Å². The highest BCUT2D eigenvalue weighted by Crippen LogP contribution is 2.31. The Morgan fingerprint density at radius 1 is 1.05 bits per heavy atom. The molecule has 0 aromatic heterocycles. The summed E-state index contributed by atoms with van der Waals surface area (Å²) < 4.78 is 6.01. The van der Waals surface area contributed by atoms with E-state index in [-0.39, 0.29) is 0 Å². The topological polar surface area (TPSA) is 35.2 Å². The number of aryl methyl sites for hydroxylation is 2. The summed E-state index contributed by atoms with van der Waals surface area (Å²) in [4.78, 5) is 0. The van der Waals surface area contributed by atoms with E-state index in [1.165, 1.54) is 5.56 Å². The van der Waals surface area contributed by atoms with Gasteiger partial charge in [-0.3, -0.25) is 0 Å². The summed E-state index contributed by atoms with van der Waals surface area (Å²) in [5.74, 6) is 1.65. The van der Waals surface area contributed by atoms with Crippen LogP contribution in [0.5, 0.6) is 11.5 Å². The number of hydrogen-bond acceptors (Lipinski definition) is 2. The number of rotatable bonds is 4. The monoisotopic (exact) mass is 275 g/mol. The van der Waals surface area contributed by atoms with Crippen LogP contribution in [-0.4, -0.2) is 6.54 Å². The van der Waals surface area contributed by atoms with Gasteiger partial charge >= 0.3 is 0 Å². The van der Waals surface area contributed by atoms with Crippen molar-refractivity contribution < 1.29 is 4.74 Å². The van der Waals surface area contributed by atoms with Gasteiger partial charge in [-0.2, -0.15) is 0 Å². The number of benzene rings is 2. The van der Waals surface area contributed by atoms with Gasteiger partial charge < -0.3 is 10.5 Å². The zero-order valence-corrected chi connectivity index (χ0v) is 12.0. The minimum atomic E-state index is 0.588. The minimum Gasteiger partial charge on any atom is -0.457 e. The Bertz CT molecular complexity index is 581. The fraction of sp³-hybridized carbons (Fsp3) is 0.250. The van der Waals surface area contributed by atoms with E-state index in [0.29, 0.717) is 11.6 Å². The first-order valence-electron chi connectivity index (χ1n) is 6.34. The van der Waals surface area contributed by atoms with E-state index >= 15 is 0 Å². The fourth-order valence-corrected chi connectivity index (χ4v) is 2.08. The quantitative estimate of drug-likeness (QED) is 0.905. The molecule has 2 N–H and O–H groups in total. The van der Waals surface area contributed by atoms with Crippen molar-refractivity contribution in [1.82, 2.24) is 0 Å². The fourth-order valence-electron chi connectivity index (χ4n) is 1.92. The third-order valence-electron chi connectivity index (χ3n) is 3.01. The molecule has 2 aromatic carbocycles. The molecule has 3 heteroatoms. The van der Waals surface area contributed by atoms with Crippen molar-refractivity contribution in [1.29, 1.82) is 0 Å². The molecular formula is C16H18ClNO. The Balaban J connectivity index is 2.36. The number of nitrogens with two attached hydrogens (primary N) is 1. The van der Waals surface area contributed by atoms with Crippen molar-refractivity contribution in [2.45, 2.75) is 20.3 Å². The van der Waals surface area contributed by atoms with E-state index in [9.17, 15) is 0 Å². The lowest BCUT2D eigenvalue weighted by atomic mass is 10.1. The Morgan fingerprint density at radius 3 is 2.58 bits per heavy atom. The Labute approximate surface area is 119 Å². The third kappa shape index (κ3) is 3.49. The van der Waals surface area contributed by atoms with E-state index in [1.807, 2.05) is 38.1 Å². The van der Waals surface area contributed by atoms with Gasteiger partial charge in [-0.1, -0.05) is 29.8 Å². The van der Waals surface area contributed by atoms with E-state index in [0.717, 1.165) is 29.0 Å². The Hall–Kier alpha value is -1.51. The van der Waals surface area contributed by atoms with Gasteiger partial charge in [0.2, 0.25) is 0 Å². The molecule has 2 rings (SSSR count). The zero-order chi connectivity index (χ0) is 13.8. The van der Waals surface area contributed by atoms with Crippen LogP contribution in [0.15, 0.2) is 36.4 Å². The lowest BCUT2D eigenvalue weighted by Gasteiger charge is -2.13. The van der Waals surface area contributed by atoms with Gasteiger partial charge in [-0.25, -0.2) is 0 Å². The molecule has 100 valence electrons. The molecule has 0 heterocycles. The molecule has 0 amide bonds. The minimum absolute atomic E-state index is 0.588. The predicted octanol–water partition coefficient (Wildman–Crippen LogP) is 4.25. The number of halogens is 1. The van der Waals surface area contributed by atoms with E-state index in [1.54, 1.807) is 0 Å². The van der Waals surface area contributed by atoms with E-state index < -0.39 is 0 Å². The summed E-state index contributed by atoms with van der Waals surface area (Å²) >= 11 is 6.04. The summed E-state index contributed by atoms with van der Waals surface area (Å²) in [6.45, 7) is 4.66. The van der Waals surface area contributed by atoms with E-state index in [4.69, 9.17) is 22.1 Å². The summed E-state index contributed by atoms with van der Waals surface area (Å²) in [5, 5.41) is 0.668. The average molecular weight is 276 g/mol. The van der Waals surface area contributed by atoms with Gasteiger partial charge in [0, 0.05) is 5.02 Å². The lowest BCUT2D eigenvalue weighted by molar-refractivity contribution is 0.472. The maximum Gasteiger partial charge on any atom is 0.132 e. The second-order valence-corrected chi connectivity index (χ2v) is 5.10. The Kier molecular flexibility index (Phi) is 4.46. The molecule has 2 aromatic rings. The molecule has 0 unspecified atom stereocenters. The van der Waals surface area contributed by atoms with Gasteiger partial charge in [0.15, 0.2) is 0 Å². The summed E-state index contributed by atoms with van der Waals surface area (Å²) in [5.41, 5.74) is 8.97. The van der Waals surface area contributed by atoms with Crippen molar-refractivity contribution in [2.75, 3.05) is 6.54 Å². The SMILES string of the molecule is Cc1ccc(C)c(Oc2cc(Cl)ccc2CCN)c1. The normalized spacial score (nSPS) is 10.5. The van der Waals surface area contributed by atoms with Gasteiger partial charge in [-0.05, 0) is 61.7 Å². The van der Waals surface area contributed by atoms with Crippen LogP contribution < -0.4 is 10.5 Å². The molecule has 19 heavy (non-hydrogen) atoms. The van der Waals surface area contributed by atoms with Crippen molar-refractivity contribution in [3.05, 3.63) is 58.1 Å². The standard InChI is InChI=1S/C16H18ClNO/c1-11-3-4-12(2)15(9-11)19-16-10-14(17)6-5-13(16)7-8-18/h3-6,9-10H,7-8,18H2,1-2H3. The van der Waals surface area contributed by atoms with Gasteiger partial charge in [-0.15, -0.1) is 0 Å². The van der Waals surface area contributed by atoms with Crippen LogP contribution in [-0.2, 0) is 6.42 Å². The summed E-state index contributed by atoms with van der Waals surface area (Å²) in [7, 11) is 0. The third-order valence-corrected chi connectivity index (χ3v) is 3.24. The first kappa shape index (κ1) is 13.9. The average Bonchev–Trinajstić information content (AvgIpc) is 2.37. The molecular weight excluding hydrogens is 258 g/mol. The molecule has 0 bridgehead atoms. The molecule has 0 saturated carbocycles. The zero-order valence-electron chi connectivity index (χ0n) is 11.2. The Morgan fingerprint density at radius 2 is 1.84 bits per heavy atom. The van der Waals surface area contributed by atoms with Crippen LogP contribution >= 0.6 is 11.6 Å². The first-order valence-corrected chi connectivity index (χ1v) is 6.71. The largest absolute Gasteiger partial charge is 0.457 e. The number of hydrogen-bond donors (Lipinski definition) is 1. The van der Waals surface area contributed by atoms with Crippen LogP contribution in [0.1, 0.15) is 16.7 Å². The lowest BCUT2D eigenvalue weighted by Crippen LogP contribution is -2.04. The summed E-state index contributed by atoms with van der Waals surface area (Å²) in [6, 6.07) is 11.8. The van der Waals surface area contributed by atoms with Crippen LogP contribution in [0.25, 0.3) is 0 Å². The molecule has 2 nitrogen and oxygen atoms in total. The molecule has 0 spiro atoms. The van der Waals surface area contributed by atoms with Crippen molar-refractivity contribution in [3.8, 4) is 11.5 Å². The van der Waals surface area contributed by atoms with E-state index in [2.05, 4.69) is 12.1 Å². The van der Waals surface area contributed by atoms with Crippen molar-refractivity contribution in [2.24, 2.45) is 5.73 Å². The smallest absolute Gasteiger partial charge is 0.132 e. The maximum atomic E-state index is 6.04. The van der Waals surface area contributed by atoms with Crippen LogP contribution in [0.3, 0.4) is 0 Å². The molecule has 0 saturated heterocycles. The van der Waals surface area contributed by atoms with Crippen LogP contribution in [0.2, 0.25) is 5.02 Å². The molecule has 0 aliphatic carbocycles. The highest BCUT2D eigenvalue weighted by Gasteiger charge is 2.08. The van der Waals surface area contributed by atoms with Crippen LogP contribution in [0.4, 0.5) is 0 Å². The van der Waals surface area contributed by atoms with Gasteiger partial charge in [0.25, 0.3) is 0 Å². The van der Waals surface area contributed by atoms with Gasteiger partial charge in [0.1, 0.15) is 11.5 Å². The molecule has 0 fully saturated rings. The van der Waals surface area contributed by atoms with Crippen molar-refractivity contribution in [3.63, 3.8) is 0 Å². The summed E-state index contributed by atoms with van der Waals surface area (Å²) in [6.07, 6.45) is 0.775. The highest BCUT2D eigenvalue weighted by atomic mass is 35.5. The molecule has 0 aliphatic heterocycles. The van der Waals surface area contributed by atoms with Gasteiger partial charge in [0.05, 0.1) is 0 Å². The highest BCUT2D eigenvalue weighted by molar-refractivity contribution is 6.30. The first-order chi connectivity index (χ1) is 9.10. The second kappa shape index (κ2) is 6.09. The number of ether oxygens (including phenoxy) is 1. The molecule has 0 aliphatic rings. The second-order valence-electron chi connectivity index (χ2n) is 4.66. The predicted molar refractivity (Wildman–Crippen MR) is 80.2 cm³/mol. The van der Waals surface area contributed by atoms with Crippen molar-refractivity contribution >= 4 is 11.6 Å². The maximum absolute atomic E-state index is 6.04. The molecule has 0 atom stereocenters. The molecule has 0 radical (unpaired) electrons.